The first-order valence-electron chi connectivity index (χ1n) is 7.08. The number of thiazole rings is 1. The van der Waals surface area contributed by atoms with E-state index in [1.807, 2.05) is 12.3 Å². The van der Waals surface area contributed by atoms with E-state index < -0.39 is 6.04 Å². The summed E-state index contributed by atoms with van der Waals surface area (Å²) in [5.41, 5.74) is 0.879. The summed E-state index contributed by atoms with van der Waals surface area (Å²) < 4.78 is 0. The number of aromatic nitrogens is 1. The molecule has 6 heteroatoms. The smallest absolute Gasteiger partial charge is 0.245 e. The van der Waals surface area contributed by atoms with Crippen LogP contribution in [0.25, 0.3) is 0 Å². The van der Waals surface area contributed by atoms with Crippen molar-refractivity contribution in [3.8, 4) is 0 Å². The van der Waals surface area contributed by atoms with Crippen molar-refractivity contribution < 1.29 is 9.59 Å². The van der Waals surface area contributed by atoms with Crippen LogP contribution in [0.15, 0.2) is 5.38 Å². The summed E-state index contributed by atoms with van der Waals surface area (Å²) in [5, 5.41) is 3.04. The van der Waals surface area contributed by atoms with Gasteiger partial charge in [0.15, 0.2) is 0 Å². The monoisotopic (exact) mass is 295 g/mol. The maximum absolute atomic E-state index is 12.2. The molecule has 0 spiro atoms. The number of hydrogen-bond donors (Lipinski definition) is 0. The number of hydrogen-bond acceptors (Lipinski definition) is 4. The Morgan fingerprint density at radius 3 is 2.75 bits per heavy atom. The molecule has 1 atom stereocenters. The molecule has 1 saturated heterocycles. The van der Waals surface area contributed by atoms with Crippen LogP contribution >= 0.6 is 11.3 Å². The fourth-order valence-electron chi connectivity index (χ4n) is 2.39. The van der Waals surface area contributed by atoms with Crippen molar-refractivity contribution in [2.45, 2.75) is 46.2 Å². The summed E-state index contributed by atoms with van der Waals surface area (Å²) in [6.45, 7) is 7.15. The second-order valence-corrected chi connectivity index (χ2v) is 5.99. The van der Waals surface area contributed by atoms with Crippen molar-refractivity contribution >= 4 is 23.2 Å². The molecule has 0 aliphatic carbocycles. The molecule has 20 heavy (non-hydrogen) atoms. The van der Waals surface area contributed by atoms with Gasteiger partial charge in [-0.1, -0.05) is 13.8 Å². The molecule has 0 bridgehead atoms. The van der Waals surface area contributed by atoms with Gasteiger partial charge in [-0.3, -0.25) is 9.59 Å². The zero-order valence-corrected chi connectivity index (χ0v) is 13.1. The van der Waals surface area contributed by atoms with Crippen molar-refractivity contribution in [1.29, 1.82) is 0 Å². The number of carbonyl (C=O) groups excluding carboxylic acids is 2. The van der Waals surface area contributed by atoms with E-state index >= 15 is 0 Å². The van der Waals surface area contributed by atoms with Crippen molar-refractivity contribution in [1.82, 2.24) is 14.8 Å². The van der Waals surface area contributed by atoms with Gasteiger partial charge in [-0.25, -0.2) is 4.98 Å². The van der Waals surface area contributed by atoms with E-state index in [1.165, 1.54) is 0 Å². The number of piperazine rings is 1. The summed E-state index contributed by atoms with van der Waals surface area (Å²) in [6.07, 6.45) is 1.77. The summed E-state index contributed by atoms with van der Waals surface area (Å²) in [6, 6.07) is -0.394. The van der Waals surface area contributed by atoms with Crippen LogP contribution in [0.2, 0.25) is 0 Å². The Kier molecular flexibility index (Phi) is 4.75. The molecular formula is C14H21N3O2S. The molecule has 2 heterocycles. The van der Waals surface area contributed by atoms with Gasteiger partial charge in [0.25, 0.3) is 0 Å². The van der Waals surface area contributed by atoms with Gasteiger partial charge in [-0.05, 0) is 19.8 Å². The van der Waals surface area contributed by atoms with Gasteiger partial charge < -0.3 is 9.80 Å². The third-order valence-corrected chi connectivity index (χ3v) is 4.55. The quantitative estimate of drug-likeness (QED) is 0.830. The first-order chi connectivity index (χ1) is 9.56. The molecule has 5 nitrogen and oxygen atoms in total. The molecule has 1 aliphatic rings. The predicted molar refractivity (Wildman–Crippen MR) is 78.4 cm³/mol. The Labute approximate surface area is 123 Å². The van der Waals surface area contributed by atoms with Crippen LogP contribution < -0.4 is 0 Å². The van der Waals surface area contributed by atoms with E-state index in [0.717, 1.165) is 23.5 Å². The zero-order chi connectivity index (χ0) is 14.7. The zero-order valence-electron chi connectivity index (χ0n) is 12.3. The van der Waals surface area contributed by atoms with Gasteiger partial charge in [0.1, 0.15) is 6.04 Å². The predicted octanol–water partition coefficient (Wildman–Crippen LogP) is 1.67. The Bertz CT molecular complexity index is 500. The Morgan fingerprint density at radius 2 is 2.15 bits per heavy atom. The SMILES string of the molecule is CCCN1CC(=O)N(Cc2csc(CC)n2)[C@@H](C)C1=O. The second-order valence-electron chi connectivity index (χ2n) is 5.04. The van der Waals surface area contributed by atoms with E-state index in [1.54, 1.807) is 28.1 Å². The summed E-state index contributed by atoms with van der Waals surface area (Å²) in [7, 11) is 0. The average Bonchev–Trinajstić information content (AvgIpc) is 2.89. The normalized spacial score (nSPS) is 19.9. The Hall–Kier alpha value is -1.43. The second kappa shape index (κ2) is 6.35. The molecule has 0 unspecified atom stereocenters. The molecular weight excluding hydrogens is 274 g/mol. The highest BCUT2D eigenvalue weighted by atomic mass is 32.1. The number of nitrogens with zero attached hydrogens (tertiary/aromatic N) is 3. The first kappa shape index (κ1) is 15.0. The highest BCUT2D eigenvalue weighted by Crippen LogP contribution is 2.18. The minimum atomic E-state index is -0.394. The fraction of sp³-hybridized carbons (Fsp3) is 0.643. The van der Waals surface area contributed by atoms with Crippen molar-refractivity contribution in [2.75, 3.05) is 13.1 Å². The van der Waals surface area contributed by atoms with Gasteiger partial charge >= 0.3 is 0 Å². The third-order valence-electron chi connectivity index (χ3n) is 3.51. The number of amides is 2. The minimum absolute atomic E-state index is 0.0107. The highest BCUT2D eigenvalue weighted by Gasteiger charge is 2.36. The maximum atomic E-state index is 12.2. The Balaban J connectivity index is 2.08. The summed E-state index contributed by atoms with van der Waals surface area (Å²) >= 11 is 1.61. The van der Waals surface area contributed by atoms with Crippen LogP contribution in [-0.2, 0) is 22.6 Å². The van der Waals surface area contributed by atoms with Crippen molar-refractivity contribution in [3.05, 3.63) is 16.1 Å². The molecule has 0 N–H and O–H groups in total. The van der Waals surface area contributed by atoms with E-state index in [-0.39, 0.29) is 18.4 Å². The molecule has 0 aromatic carbocycles. The molecule has 2 amide bonds. The van der Waals surface area contributed by atoms with Crippen LogP contribution in [0.5, 0.6) is 0 Å². The molecule has 1 fully saturated rings. The lowest BCUT2D eigenvalue weighted by atomic mass is 10.1. The molecule has 1 aliphatic heterocycles. The van der Waals surface area contributed by atoms with Crippen LogP contribution in [0.1, 0.15) is 37.9 Å². The largest absolute Gasteiger partial charge is 0.332 e. The van der Waals surface area contributed by atoms with Gasteiger partial charge in [0, 0.05) is 11.9 Å². The van der Waals surface area contributed by atoms with Gasteiger partial charge in [0.05, 0.1) is 23.8 Å². The molecule has 1 aromatic rings. The number of rotatable bonds is 5. The molecule has 2 rings (SSSR count). The van der Waals surface area contributed by atoms with Gasteiger partial charge in [-0.2, -0.15) is 0 Å². The van der Waals surface area contributed by atoms with E-state index in [4.69, 9.17) is 0 Å². The Morgan fingerprint density at radius 1 is 1.40 bits per heavy atom. The third kappa shape index (κ3) is 3.00. The molecule has 1 aromatic heterocycles. The first-order valence-corrected chi connectivity index (χ1v) is 7.96. The number of aryl methyl sites for hydroxylation is 1. The summed E-state index contributed by atoms with van der Waals surface area (Å²) in [5.74, 6) is 0.0500. The standard InChI is InChI=1S/C14H21N3O2S/c1-4-6-16-8-13(18)17(10(3)14(16)19)7-11-9-20-12(5-2)15-11/h9-10H,4-8H2,1-3H3/t10-/m0/s1. The fourth-order valence-corrected chi connectivity index (χ4v) is 3.12. The van der Waals surface area contributed by atoms with E-state index in [0.29, 0.717) is 13.1 Å². The molecule has 0 saturated carbocycles. The summed E-state index contributed by atoms with van der Waals surface area (Å²) in [4.78, 5) is 32.2. The van der Waals surface area contributed by atoms with E-state index in [2.05, 4.69) is 11.9 Å². The molecule has 0 radical (unpaired) electrons. The number of carbonyl (C=O) groups is 2. The van der Waals surface area contributed by atoms with Crippen molar-refractivity contribution in [3.63, 3.8) is 0 Å². The van der Waals surface area contributed by atoms with Crippen LogP contribution in [0.3, 0.4) is 0 Å². The average molecular weight is 295 g/mol. The maximum Gasteiger partial charge on any atom is 0.245 e. The topological polar surface area (TPSA) is 53.5 Å². The lowest BCUT2D eigenvalue weighted by Crippen LogP contribution is -2.58. The lowest BCUT2D eigenvalue weighted by Gasteiger charge is -2.38. The minimum Gasteiger partial charge on any atom is -0.332 e. The van der Waals surface area contributed by atoms with E-state index in [9.17, 15) is 9.59 Å². The highest BCUT2D eigenvalue weighted by molar-refractivity contribution is 7.09. The molecule has 110 valence electrons. The van der Waals surface area contributed by atoms with Crippen LogP contribution in [-0.4, -0.2) is 45.7 Å². The lowest BCUT2D eigenvalue weighted by molar-refractivity contribution is -0.155. The van der Waals surface area contributed by atoms with Crippen LogP contribution in [0, 0.1) is 0 Å². The van der Waals surface area contributed by atoms with Gasteiger partial charge in [0.2, 0.25) is 11.8 Å². The van der Waals surface area contributed by atoms with Crippen LogP contribution in [0.4, 0.5) is 0 Å². The van der Waals surface area contributed by atoms with Crippen molar-refractivity contribution in [2.24, 2.45) is 0 Å². The van der Waals surface area contributed by atoms with Gasteiger partial charge in [-0.15, -0.1) is 11.3 Å².